The summed E-state index contributed by atoms with van der Waals surface area (Å²) in [6.45, 7) is 4.13. The molecule has 2 aromatic heterocycles. The van der Waals surface area contributed by atoms with Crippen molar-refractivity contribution in [3.8, 4) is 5.75 Å². The molecule has 2 heterocycles. The van der Waals surface area contributed by atoms with Crippen LogP contribution in [0.3, 0.4) is 0 Å². The monoisotopic (exact) mass is 405 g/mol. The molecule has 0 fully saturated rings. The zero-order chi connectivity index (χ0) is 19.1. The second-order valence-corrected chi connectivity index (χ2v) is 7.24. The van der Waals surface area contributed by atoms with E-state index in [0.717, 1.165) is 46.3 Å². The minimum absolute atomic E-state index is 0.234. The molecule has 0 spiro atoms. The Kier molecular flexibility index (Phi) is 7.26. The number of nitrogens with two attached hydrogens (primary N) is 1. The first-order valence-electron chi connectivity index (χ1n) is 8.88. The van der Waals surface area contributed by atoms with Crippen molar-refractivity contribution in [3.05, 3.63) is 30.6 Å². The van der Waals surface area contributed by atoms with E-state index < -0.39 is 0 Å². The number of fused-ring (bicyclic) bond motifs is 1. The number of nitrogens with zero attached hydrogens (tertiary/aromatic N) is 4. The zero-order valence-electron chi connectivity index (χ0n) is 15.3. The lowest BCUT2D eigenvalue weighted by Crippen LogP contribution is -2.06. The Hall–Kier alpha value is -1.89. The van der Waals surface area contributed by atoms with Crippen molar-refractivity contribution >= 4 is 38.1 Å². The van der Waals surface area contributed by atoms with Gasteiger partial charge in [0, 0.05) is 11.4 Å². The van der Waals surface area contributed by atoms with Gasteiger partial charge >= 0.3 is 0 Å². The molecule has 1 atom stereocenters. The molecule has 7 nitrogen and oxygen atoms in total. The van der Waals surface area contributed by atoms with Crippen LogP contribution in [0.4, 0.5) is 5.95 Å². The summed E-state index contributed by atoms with van der Waals surface area (Å²) in [5.74, 6) is 1.11. The van der Waals surface area contributed by atoms with Crippen molar-refractivity contribution < 1.29 is 9.47 Å². The number of unbranched alkanes of at least 4 members (excludes halogenated alkanes) is 1. The second kappa shape index (κ2) is 9.88. The molecule has 0 bridgehead atoms. The summed E-state index contributed by atoms with van der Waals surface area (Å²) in [7, 11) is 2.54. The van der Waals surface area contributed by atoms with E-state index in [1.165, 1.54) is 11.8 Å². The third-order valence-corrected chi connectivity index (χ3v) is 5.07. The van der Waals surface area contributed by atoms with E-state index in [0.29, 0.717) is 19.5 Å². The van der Waals surface area contributed by atoms with E-state index in [4.69, 9.17) is 15.2 Å². The van der Waals surface area contributed by atoms with Gasteiger partial charge in [0.05, 0.1) is 25.9 Å². The Bertz CT molecular complexity index is 872. The highest BCUT2D eigenvalue weighted by Crippen LogP contribution is 2.32. The summed E-state index contributed by atoms with van der Waals surface area (Å²) in [6, 6.07) is 7.97. The number of rotatable bonds is 10. The fourth-order valence-electron chi connectivity index (χ4n) is 2.47. The number of aromatic nitrogens is 4. The predicted molar refractivity (Wildman–Crippen MR) is 111 cm³/mol. The number of hydrogen-bond acceptors (Lipinski definition) is 7. The lowest BCUT2D eigenvalue weighted by molar-refractivity contribution is 0.173. The van der Waals surface area contributed by atoms with E-state index in [2.05, 4.69) is 31.1 Å². The zero-order valence-corrected chi connectivity index (χ0v) is 17.3. The Morgan fingerprint density at radius 2 is 2.00 bits per heavy atom. The van der Waals surface area contributed by atoms with Gasteiger partial charge in [0.1, 0.15) is 16.3 Å². The third-order valence-electron chi connectivity index (χ3n) is 3.85. The summed E-state index contributed by atoms with van der Waals surface area (Å²) in [5, 5.41) is 0.739. The largest absolute Gasteiger partial charge is 0.494 e. The molecule has 1 unspecified atom stereocenters. The lowest BCUT2D eigenvalue weighted by atomic mass is 10.3. The summed E-state index contributed by atoms with van der Waals surface area (Å²) in [5.41, 5.74) is 7.38. The van der Waals surface area contributed by atoms with Gasteiger partial charge in [-0.1, -0.05) is 25.1 Å². The van der Waals surface area contributed by atoms with Crippen LogP contribution in [0.5, 0.6) is 5.75 Å². The number of hydrogen-bond donors (Lipinski definition) is 1. The highest BCUT2D eigenvalue weighted by Gasteiger charge is 2.13. The molecule has 0 radical (unpaired) electrons. The van der Waals surface area contributed by atoms with Gasteiger partial charge < -0.3 is 19.8 Å². The van der Waals surface area contributed by atoms with Crippen LogP contribution in [0.2, 0.25) is 0 Å². The first-order chi connectivity index (χ1) is 13.2. The number of ether oxygens (including phenoxy) is 2. The van der Waals surface area contributed by atoms with E-state index in [9.17, 15) is 0 Å². The molecule has 0 saturated heterocycles. The number of benzene rings is 1. The minimum Gasteiger partial charge on any atom is -0.494 e. The predicted octanol–water partition coefficient (Wildman–Crippen LogP) is 3.59. The Labute approximate surface area is 165 Å². The molecule has 27 heavy (non-hydrogen) atoms. The summed E-state index contributed by atoms with van der Waals surface area (Å²) < 4.78 is 13.0. The molecule has 3 rings (SSSR count). The van der Waals surface area contributed by atoms with Crippen molar-refractivity contribution in [1.82, 2.24) is 19.5 Å². The molecule has 1 aromatic carbocycles. The second-order valence-electron chi connectivity index (χ2n) is 5.85. The molecule has 0 aliphatic heterocycles. The Balaban J connectivity index is 1.76. The van der Waals surface area contributed by atoms with E-state index >= 15 is 0 Å². The smallest absolute Gasteiger partial charge is 0.223 e. The van der Waals surface area contributed by atoms with Crippen LogP contribution in [-0.4, -0.2) is 39.1 Å². The van der Waals surface area contributed by atoms with Gasteiger partial charge in [0.25, 0.3) is 0 Å². The summed E-state index contributed by atoms with van der Waals surface area (Å²) >= 11 is 1.51. The van der Waals surface area contributed by atoms with Crippen molar-refractivity contribution in [2.75, 3.05) is 25.3 Å². The third kappa shape index (κ3) is 5.31. The van der Waals surface area contributed by atoms with Gasteiger partial charge in [0.2, 0.25) is 5.95 Å². The molecule has 2 N–H and O–H groups in total. The van der Waals surface area contributed by atoms with Crippen LogP contribution < -0.4 is 10.5 Å². The van der Waals surface area contributed by atoms with Gasteiger partial charge in [0.15, 0.2) is 5.65 Å². The van der Waals surface area contributed by atoms with E-state index in [1.807, 2.05) is 28.8 Å². The van der Waals surface area contributed by atoms with Crippen molar-refractivity contribution in [2.24, 2.45) is 0 Å². The quantitative estimate of drug-likeness (QED) is 0.313. The number of imidazole rings is 1. The van der Waals surface area contributed by atoms with Crippen LogP contribution in [-0.2, 0) is 11.3 Å². The maximum atomic E-state index is 5.92. The van der Waals surface area contributed by atoms with Gasteiger partial charge in [-0.2, -0.15) is 4.98 Å². The first kappa shape index (κ1) is 19.9. The molecule has 9 heteroatoms. The van der Waals surface area contributed by atoms with Crippen molar-refractivity contribution in [3.63, 3.8) is 0 Å². The van der Waals surface area contributed by atoms with Crippen LogP contribution >= 0.6 is 21.0 Å². The maximum Gasteiger partial charge on any atom is 0.223 e. The Morgan fingerprint density at radius 3 is 2.74 bits per heavy atom. The van der Waals surface area contributed by atoms with Crippen molar-refractivity contribution in [1.29, 1.82) is 0 Å². The topological polar surface area (TPSA) is 88.1 Å². The SMILES string of the molecule is CCCCOc1ccc(Sc2nc(N)nc3c2ncn3CCOCP)cc1. The maximum absolute atomic E-state index is 5.92. The number of anilines is 1. The normalized spacial score (nSPS) is 11.2. The molecular formula is C18H24N5O2PS. The van der Waals surface area contributed by atoms with E-state index in [-0.39, 0.29) is 5.95 Å². The van der Waals surface area contributed by atoms with Gasteiger partial charge in [-0.05, 0) is 30.7 Å². The molecule has 0 amide bonds. The molecule has 144 valence electrons. The summed E-state index contributed by atoms with van der Waals surface area (Å²) in [6.07, 6.45) is 4.53. The fraction of sp³-hybridized carbons (Fsp3) is 0.389. The molecule has 3 aromatic rings. The lowest BCUT2D eigenvalue weighted by Gasteiger charge is -2.07. The average Bonchev–Trinajstić information content (AvgIpc) is 3.07. The van der Waals surface area contributed by atoms with Crippen molar-refractivity contribution in [2.45, 2.75) is 36.2 Å². The van der Waals surface area contributed by atoms with Gasteiger partial charge in [-0.3, -0.25) is 0 Å². The fourth-order valence-corrected chi connectivity index (χ4v) is 3.51. The number of nitrogen functional groups attached to an aromatic ring is 1. The molecule has 0 aliphatic carbocycles. The summed E-state index contributed by atoms with van der Waals surface area (Å²) in [4.78, 5) is 14.2. The highest BCUT2D eigenvalue weighted by molar-refractivity contribution is 7.99. The van der Waals surface area contributed by atoms with Gasteiger partial charge in [-0.25, -0.2) is 9.97 Å². The standard InChI is InChI=1S/C18H24N5O2PS/c1-2-3-9-25-13-4-6-14(7-5-13)27-17-15-16(21-18(19)22-17)23(11-20-15)8-10-24-12-26/h4-7,11H,2-3,8-10,12,26H2,1H3,(H2,19,21,22). The van der Waals surface area contributed by atoms with Crippen LogP contribution in [0.25, 0.3) is 11.2 Å². The molecule has 0 saturated carbocycles. The van der Waals surface area contributed by atoms with Crippen LogP contribution in [0, 0.1) is 0 Å². The minimum atomic E-state index is 0.234. The highest BCUT2D eigenvalue weighted by atomic mass is 32.2. The van der Waals surface area contributed by atoms with E-state index in [1.54, 1.807) is 6.33 Å². The van der Waals surface area contributed by atoms with Crippen LogP contribution in [0.1, 0.15) is 19.8 Å². The van der Waals surface area contributed by atoms with Crippen LogP contribution in [0.15, 0.2) is 40.5 Å². The Morgan fingerprint density at radius 1 is 1.19 bits per heavy atom. The molecule has 0 aliphatic rings. The van der Waals surface area contributed by atoms with Gasteiger partial charge in [-0.15, -0.1) is 9.24 Å². The first-order valence-corrected chi connectivity index (χ1v) is 10.5. The molecular weight excluding hydrogens is 381 g/mol. The average molecular weight is 405 g/mol.